The van der Waals surface area contributed by atoms with E-state index in [4.69, 9.17) is 9.26 Å². The molecule has 0 amide bonds. The second-order valence-electron chi connectivity index (χ2n) is 5.48. The molecule has 4 rings (SSSR count). The van der Waals surface area contributed by atoms with E-state index in [1.54, 1.807) is 7.11 Å². The van der Waals surface area contributed by atoms with Crippen LogP contribution < -0.4 is 4.74 Å². The van der Waals surface area contributed by atoms with E-state index >= 15 is 0 Å². The van der Waals surface area contributed by atoms with Crippen molar-refractivity contribution in [1.29, 1.82) is 0 Å². The molecule has 4 aromatic rings. The third kappa shape index (κ3) is 2.50. The molecule has 0 N–H and O–H groups in total. The molecular weight excluding hydrogens is 302 g/mol. The first kappa shape index (κ1) is 14.4. The van der Waals surface area contributed by atoms with Crippen LogP contribution in [0.15, 0.2) is 59.1 Å². The summed E-state index contributed by atoms with van der Waals surface area (Å²) in [6.07, 6.45) is 0. The lowest BCUT2D eigenvalue weighted by atomic mass is 10.1. The lowest BCUT2D eigenvalue weighted by Gasteiger charge is -2.03. The highest BCUT2D eigenvalue weighted by molar-refractivity contribution is 5.92. The summed E-state index contributed by atoms with van der Waals surface area (Å²) >= 11 is 0. The van der Waals surface area contributed by atoms with Crippen molar-refractivity contribution in [1.82, 2.24) is 15.1 Å². The summed E-state index contributed by atoms with van der Waals surface area (Å²) in [5, 5.41) is 5.16. The molecule has 0 saturated heterocycles. The van der Waals surface area contributed by atoms with Gasteiger partial charge in [-0.15, -0.1) is 0 Å². The van der Waals surface area contributed by atoms with Crippen molar-refractivity contribution in [3.8, 4) is 28.6 Å². The van der Waals surface area contributed by atoms with Crippen molar-refractivity contribution in [3.63, 3.8) is 0 Å². The number of fused-ring (bicyclic) bond motifs is 1. The van der Waals surface area contributed by atoms with Crippen molar-refractivity contribution in [2.24, 2.45) is 0 Å². The number of benzene rings is 2. The molecular formula is C19H15N3O2. The SMILES string of the molecule is COc1cccc(-c2nc(-c3cc(C)nc4ccccc34)no2)c1. The number of aromatic nitrogens is 3. The number of nitrogens with zero attached hydrogens (tertiary/aromatic N) is 3. The van der Waals surface area contributed by atoms with Crippen molar-refractivity contribution in [3.05, 3.63) is 60.3 Å². The number of ether oxygens (including phenoxy) is 1. The number of hydrogen-bond acceptors (Lipinski definition) is 5. The normalized spacial score (nSPS) is 10.9. The van der Waals surface area contributed by atoms with Gasteiger partial charge in [0.15, 0.2) is 0 Å². The van der Waals surface area contributed by atoms with Crippen LogP contribution >= 0.6 is 0 Å². The molecule has 118 valence electrons. The Bertz CT molecular complexity index is 1020. The van der Waals surface area contributed by atoms with Gasteiger partial charge >= 0.3 is 0 Å². The first-order valence-corrected chi connectivity index (χ1v) is 7.59. The molecule has 0 aliphatic rings. The number of aryl methyl sites for hydroxylation is 1. The van der Waals surface area contributed by atoms with Gasteiger partial charge in [-0.3, -0.25) is 4.98 Å². The Hall–Kier alpha value is -3.21. The molecule has 5 nitrogen and oxygen atoms in total. The number of rotatable bonds is 3. The summed E-state index contributed by atoms with van der Waals surface area (Å²) in [5.41, 5.74) is 3.57. The molecule has 0 bridgehead atoms. The lowest BCUT2D eigenvalue weighted by Crippen LogP contribution is -1.90. The van der Waals surface area contributed by atoms with Crippen molar-refractivity contribution < 1.29 is 9.26 Å². The summed E-state index contributed by atoms with van der Waals surface area (Å²) in [6, 6.07) is 17.5. The standard InChI is InChI=1S/C19H15N3O2/c1-12-10-16(15-8-3-4-9-17(15)20-12)18-21-19(24-22-18)13-6-5-7-14(11-13)23-2/h3-11H,1-2H3. The lowest BCUT2D eigenvalue weighted by molar-refractivity contribution is 0.413. The van der Waals surface area contributed by atoms with Crippen LogP contribution in [0, 0.1) is 6.92 Å². The summed E-state index contributed by atoms with van der Waals surface area (Å²) in [7, 11) is 1.63. The summed E-state index contributed by atoms with van der Waals surface area (Å²) in [4.78, 5) is 9.10. The van der Waals surface area contributed by atoms with E-state index in [0.717, 1.165) is 33.5 Å². The predicted octanol–water partition coefficient (Wildman–Crippen LogP) is 4.27. The maximum Gasteiger partial charge on any atom is 0.258 e. The zero-order valence-electron chi connectivity index (χ0n) is 13.4. The molecule has 0 unspecified atom stereocenters. The second-order valence-corrected chi connectivity index (χ2v) is 5.48. The maximum absolute atomic E-state index is 5.46. The Morgan fingerprint density at radius 3 is 2.71 bits per heavy atom. The second kappa shape index (κ2) is 5.77. The van der Waals surface area contributed by atoms with Crippen LogP contribution in [0.3, 0.4) is 0 Å². The topological polar surface area (TPSA) is 61.0 Å². The monoisotopic (exact) mass is 317 g/mol. The van der Waals surface area contributed by atoms with Crippen LogP contribution in [0.2, 0.25) is 0 Å². The van der Waals surface area contributed by atoms with Crippen LogP contribution in [-0.4, -0.2) is 22.2 Å². The minimum Gasteiger partial charge on any atom is -0.497 e. The molecule has 0 spiro atoms. The average molecular weight is 317 g/mol. The van der Waals surface area contributed by atoms with E-state index in [1.807, 2.05) is 61.5 Å². The van der Waals surface area contributed by atoms with E-state index in [9.17, 15) is 0 Å². The highest BCUT2D eigenvalue weighted by Gasteiger charge is 2.14. The van der Waals surface area contributed by atoms with E-state index in [-0.39, 0.29) is 0 Å². The highest BCUT2D eigenvalue weighted by Crippen LogP contribution is 2.29. The molecule has 0 aliphatic heterocycles. The Morgan fingerprint density at radius 1 is 0.958 bits per heavy atom. The van der Waals surface area contributed by atoms with Crippen molar-refractivity contribution in [2.45, 2.75) is 6.92 Å². The molecule has 0 fully saturated rings. The average Bonchev–Trinajstić information content (AvgIpc) is 3.11. The zero-order chi connectivity index (χ0) is 16.5. The van der Waals surface area contributed by atoms with Gasteiger partial charge in [-0.2, -0.15) is 4.98 Å². The smallest absolute Gasteiger partial charge is 0.258 e. The molecule has 2 aromatic heterocycles. The molecule has 2 heterocycles. The molecule has 2 aromatic carbocycles. The predicted molar refractivity (Wildman–Crippen MR) is 91.8 cm³/mol. The van der Waals surface area contributed by atoms with Gasteiger partial charge in [0.25, 0.3) is 5.89 Å². The summed E-state index contributed by atoms with van der Waals surface area (Å²) < 4.78 is 10.7. The van der Waals surface area contributed by atoms with E-state index < -0.39 is 0 Å². The quantitative estimate of drug-likeness (QED) is 0.565. The van der Waals surface area contributed by atoms with Crippen molar-refractivity contribution >= 4 is 10.9 Å². The molecule has 0 radical (unpaired) electrons. The van der Waals surface area contributed by atoms with E-state index in [0.29, 0.717) is 11.7 Å². The Morgan fingerprint density at radius 2 is 1.83 bits per heavy atom. The number of pyridine rings is 1. The molecule has 24 heavy (non-hydrogen) atoms. The Kier molecular flexibility index (Phi) is 3.46. The minimum atomic E-state index is 0.461. The van der Waals surface area contributed by atoms with Crippen LogP contribution in [0.1, 0.15) is 5.69 Å². The fraction of sp³-hybridized carbons (Fsp3) is 0.105. The number of methoxy groups -OCH3 is 1. The molecule has 0 atom stereocenters. The fourth-order valence-corrected chi connectivity index (χ4v) is 2.70. The van der Waals surface area contributed by atoms with Gasteiger partial charge in [-0.1, -0.05) is 29.4 Å². The van der Waals surface area contributed by atoms with Gasteiger partial charge in [0.2, 0.25) is 5.82 Å². The molecule has 0 saturated carbocycles. The zero-order valence-corrected chi connectivity index (χ0v) is 13.4. The fourth-order valence-electron chi connectivity index (χ4n) is 2.70. The minimum absolute atomic E-state index is 0.461. The number of hydrogen-bond donors (Lipinski definition) is 0. The van der Waals surface area contributed by atoms with E-state index in [2.05, 4.69) is 15.1 Å². The van der Waals surface area contributed by atoms with Gasteiger partial charge < -0.3 is 9.26 Å². The Balaban J connectivity index is 1.83. The van der Waals surface area contributed by atoms with E-state index in [1.165, 1.54) is 0 Å². The first-order chi connectivity index (χ1) is 11.7. The van der Waals surface area contributed by atoms with Gasteiger partial charge in [-0.25, -0.2) is 0 Å². The maximum atomic E-state index is 5.46. The molecule has 5 heteroatoms. The van der Waals surface area contributed by atoms with Crippen LogP contribution in [-0.2, 0) is 0 Å². The number of para-hydroxylation sites is 1. The molecule has 0 aliphatic carbocycles. The van der Waals surface area contributed by atoms with Crippen molar-refractivity contribution in [2.75, 3.05) is 7.11 Å². The van der Waals surface area contributed by atoms with Crippen LogP contribution in [0.5, 0.6) is 5.75 Å². The van der Waals surface area contributed by atoms with Gasteiger partial charge in [0, 0.05) is 22.2 Å². The Labute approximate surface area is 138 Å². The summed E-state index contributed by atoms with van der Waals surface area (Å²) in [6.45, 7) is 1.96. The highest BCUT2D eigenvalue weighted by atomic mass is 16.5. The summed E-state index contributed by atoms with van der Waals surface area (Å²) in [5.74, 6) is 1.76. The van der Waals surface area contributed by atoms with Gasteiger partial charge in [0.05, 0.1) is 12.6 Å². The first-order valence-electron chi connectivity index (χ1n) is 7.59. The van der Waals surface area contributed by atoms with Crippen LogP contribution in [0.25, 0.3) is 33.7 Å². The van der Waals surface area contributed by atoms with Gasteiger partial charge in [-0.05, 0) is 37.3 Å². The third-order valence-electron chi connectivity index (χ3n) is 3.83. The largest absolute Gasteiger partial charge is 0.497 e. The van der Waals surface area contributed by atoms with Crippen LogP contribution in [0.4, 0.5) is 0 Å². The van der Waals surface area contributed by atoms with Gasteiger partial charge in [0.1, 0.15) is 5.75 Å². The third-order valence-corrected chi connectivity index (χ3v) is 3.83.